The zero-order valence-corrected chi connectivity index (χ0v) is 18.4. The first kappa shape index (κ1) is 21.0. The highest BCUT2D eigenvalue weighted by Gasteiger charge is 2.32. The van der Waals surface area contributed by atoms with Crippen molar-refractivity contribution in [2.75, 3.05) is 44.5 Å². The number of fused-ring (bicyclic) bond motifs is 1. The van der Waals surface area contributed by atoms with Crippen LogP contribution in [0.5, 0.6) is 11.5 Å². The van der Waals surface area contributed by atoms with E-state index in [1.54, 1.807) is 20.4 Å². The Bertz CT molecular complexity index is 841. The molecule has 2 aliphatic heterocycles. The number of anilines is 3. The maximum Gasteiger partial charge on any atom is 0.229 e. The lowest BCUT2D eigenvalue weighted by molar-refractivity contribution is 0.0649. The van der Waals surface area contributed by atoms with E-state index in [2.05, 4.69) is 25.5 Å². The standard InChI is InChI=1S/C22H30ClN5O2/c1-29-17-10-16(11-18(12-17)30-2)26-22-25-14-19(23)21(27-22)24-13-15-6-5-9-28-8-4-3-7-20(15)28/h10-12,14-15,20H,3-9,13H2,1-2H3,(H2,24,25,26,27). The van der Waals surface area contributed by atoms with Gasteiger partial charge in [0.1, 0.15) is 16.5 Å². The van der Waals surface area contributed by atoms with Crippen molar-refractivity contribution in [1.82, 2.24) is 14.9 Å². The Labute approximate surface area is 183 Å². The molecule has 2 aliphatic rings. The van der Waals surface area contributed by atoms with Crippen molar-refractivity contribution in [2.45, 2.75) is 38.1 Å². The molecule has 2 N–H and O–H groups in total. The highest BCUT2D eigenvalue weighted by molar-refractivity contribution is 6.32. The van der Waals surface area contributed by atoms with Crippen LogP contribution >= 0.6 is 11.6 Å². The monoisotopic (exact) mass is 431 g/mol. The van der Waals surface area contributed by atoms with E-state index in [0.29, 0.717) is 40.2 Å². The maximum atomic E-state index is 6.38. The van der Waals surface area contributed by atoms with Crippen LogP contribution in [0.15, 0.2) is 24.4 Å². The molecule has 0 aliphatic carbocycles. The first-order valence-electron chi connectivity index (χ1n) is 10.7. The predicted molar refractivity (Wildman–Crippen MR) is 120 cm³/mol. The lowest BCUT2D eigenvalue weighted by atomic mass is 9.83. The van der Waals surface area contributed by atoms with Crippen LogP contribution in [0.2, 0.25) is 5.02 Å². The average molecular weight is 432 g/mol. The molecule has 8 heteroatoms. The van der Waals surface area contributed by atoms with Gasteiger partial charge in [0.15, 0.2) is 5.82 Å². The van der Waals surface area contributed by atoms with Crippen molar-refractivity contribution < 1.29 is 9.47 Å². The molecule has 1 aromatic heterocycles. The minimum absolute atomic E-state index is 0.472. The molecule has 30 heavy (non-hydrogen) atoms. The molecule has 2 atom stereocenters. The predicted octanol–water partition coefficient (Wildman–Crippen LogP) is 4.57. The normalized spacial score (nSPS) is 21.6. The summed E-state index contributed by atoms with van der Waals surface area (Å²) in [5, 5.41) is 7.23. The number of hydrogen-bond acceptors (Lipinski definition) is 7. The van der Waals surface area contributed by atoms with Crippen LogP contribution in [0.4, 0.5) is 17.5 Å². The number of ether oxygens (including phenoxy) is 2. The third-order valence-electron chi connectivity index (χ3n) is 6.11. The number of hydrogen-bond donors (Lipinski definition) is 2. The van der Waals surface area contributed by atoms with Crippen LogP contribution in [0.25, 0.3) is 0 Å². The molecule has 0 amide bonds. The second-order valence-electron chi connectivity index (χ2n) is 8.00. The fourth-order valence-corrected chi connectivity index (χ4v) is 4.76. The van der Waals surface area contributed by atoms with Gasteiger partial charge < -0.3 is 25.0 Å². The number of nitrogens with zero attached hydrogens (tertiary/aromatic N) is 3. The quantitative estimate of drug-likeness (QED) is 0.665. The van der Waals surface area contributed by atoms with Crippen LogP contribution < -0.4 is 20.1 Å². The third-order valence-corrected chi connectivity index (χ3v) is 6.39. The average Bonchev–Trinajstić information content (AvgIpc) is 2.79. The van der Waals surface area contributed by atoms with Crippen LogP contribution in [-0.4, -0.2) is 54.8 Å². The van der Waals surface area contributed by atoms with E-state index in [1.807, 2.05) is 18.2 Å². The Morgan fingerprint density at radius 2 is 1.83 bits per heavy atom. The minimum Gasteiger partial charge on any atom is -0.497 e. The number of halogens is 1. The summed E-state index contributed by atoms with van der Waals surface area (Å²) in [6.07, 6.45) is 8.12. The molecule has 7 nitrogen and oxygen atoms in total. The van der Waals surface area contributed by atoms with E-state index < -0.39 is 0 Å². The Morgan fingerprint density at radius 1 is 1.07 bits per heavy atom. The summed E-state index contributed by atoms with van der Waals surface area (Å²) in [5.41, 5.74) is 0.782. The Balaban J connectivity index is 1.44. The Hall–Kier alpha value is -2.25. The van der Waals surface area contributed by atoms with E-state index in [1.165, 1.54) is 45.2 Å². The number of benzene rings is 1. The van der Waals surface area contributed by atoms with Gasteiger partial charge in [-0.05, 0) is 44.7 Å². The van der Waals surface area contributed by atoms with Crippen molar-refractivity contribution >= 4 is 29.1 Å². The first-order chi connectivity index (χ1) is 14.7. The van der Waals surface area contributed by atoms with Gasteiger partial charge in [0.25, 0.3) is 0 Å². The second-order valence-corrected chi connectivity index (χ2v) is 8.41. The van der Waals surface area contributed by atoms with E-state index in [4.69, 9.17) is 21.1 Å². The van der Waals surface area contributed by atoms with Crippen molar-refractivity contribution in [3.8, 4) is 11.5 Å². The summed E-state index contributed by atoms with van der Waals surface area (Å²) in [6.45, 7) is 3.37. The van der Waals surface area contributed by atoms with Crippen molar-refractivity contribution in [3.63, 3.8) is 0 Å². The lowest BCUT2D eigenvalue weighted by Crippen LogP contribution is -2.49. The molecule has 0 saturated carbocycles. The topological polar surface area (TPSA) is 71.5 Å². The molecule has 0 radical (unpaired) electrons. The van der Waals surface area contributed by atoms with Gasteiger partial charge in [-0.2, -0.15) is 4.98 Å². The maximum absolute atomic E-state index is 6.38. The SMILES string of the molecule is COc1cc(Nc2ncc(Cl)c(NCC3CCCN4CCCCC34)n2)cc(OC)c1. The lowest BCUT2D eigenvalue weighted by Gasteiger charge is -2.44. The smallest absolute Gasteiger partial charge is 0.229 e. The number of methoxy groups -OCH3 is 2. The van der Waals surface area contributed by atoms with Gasteiger partial charge in [0, 0.05) is 36.5 Å². The summed E-state index contributed by atoms with van der Waals surface area (Å²) in [5.74, 6) is 3.15. The zero-order valence-electron chi connectivity index (χ0n) is 17.7. The van der Waals surface area contributed by atoms with Gasteiger partial charge in [-0.1, -0.05) is 18.0 Å². The van der Waals surface area contributed by atoms with Crippen LogP contribution in [-0.2, 0) is 0 Å². The fourth-order valence-electron chi connectivity index (χ4n) is 4.60. The molecule has 2 fully saturated rings. The van der Waals surface area contributed by atoms with Gasteiger partial charge in [-0.25, -0.2) is 4.98 Å². The Morgan fingerprint density at radius 3 is 2.60 bits per heavy atom. The van der Waals surface area contributed by atoms with Gasteiger partial charge in [-0.15, -0.1) is 0 Å². The molecule has 2 aromatic rings. The van der Waals surface area contributed by atoms with Gasteiger partial charge in [0.05, 0.1) is 20.4 Å². The van der Waals surface area contributed by atoms with Crippen molar-refractivity contribution in [1.29, 1.82) is 0 Å². The second kappa shape index (κ2) is 9.71. The van der Waals surface area contributed by atoms with E-state index >= 15 is 0 Å². The van der Waals surface area contributed by atoms with E-state index in [0.717, 1.165) is 12.2 Å². The number of aromatic nitrogens is 2. The van der Waals surface area contributed by atoms with E-state index in [9.17, 15) is 0 Å². The number of nitrogens with one attached hydrogen (secondary N) is 2. The third kappa shape index (κ3) is 4.90. The highest BCUT2D eigenvalue weighted by Crippen LogP contribution is 2.32. The summed E-state index contributed by atoms with van der Waals surface area (Å²) in [4.78, 5) is 11.6. The van der Waals surface area contributed by atoms with Gasteiger partial charge >= 0.3 is 0 Å². The molecule has 0 bridgehead atoms. The molecular formula is C22H30ClN5O2. The molecule has 3 heterocycles. The number of rotatable bonds is 7. The first-order valence-corrected chi connectivity index (χ1v) is 11.0. The molecule has 1 aromatic carbocycles. The molecule has 2 saturated heterocycles. The van der Waals surface area contributed by atoms with E-state index in [-0.39, 0.29) is 0 Å². The van der Waals surface area contributed by atoms with Crippen LogP contribution in [0.1, 0.15) is 32.1 Å². The molecule has 162 valence electrons. The van der Waals surface area contributed by atoms with Crippen molar-refractivity contribution in [3.05, 3.63) is 29.4 Å². The van der Waals surface area contributed by atoms with Crippen LogP contribution in [0, 0.1) is 5.92 Å². The molecular weight excluding hydrogens is 402 g/mol. The number of piperidine rings is 2. The van der Waals surface area contributed by atoms with Gasteiger partial charge in [-0.3, -0.25) is 0 Å². The molecule has 0 spiro atoms. The molecule has 2 unspecified atom stereocenters. The minimum atomic E-state index is 0.472. The summed E-state index contributed by atoms with van der Waals surface area (Å²) >= 11 is 6.38. The fraction of sp³-hybridized carbons (Fsp3) is 0.545. The largest absolute Gasteiger partial charge is 0.497 e. The van der Waals surface area contributed by atoms with Crippen LogP contribution in [0.3, 0.4) is 0 Å². The summed E-state index contributed by atoms with van der Waals surface area (Å²) < 4.78 is 10.7. The highest BCUT2D eigenvalue weighted by atomic mass is 35.5. The zero-order chi connectivity index (χ0) is 20.9. The summed E-state index contributed by atoms with van der Waals surface area (Å²) in [6, 6.07) is 6.24. The van der Waals surface area contributed by atoms with Crippen molar-refractivity contribution in [2.24, 2.45) is 5.92 Å². The van der Waals surface area contributed by atoms with Gasteiger partial charge in [0.2, 0.25) is 5.95 Å². The Kier molecular flexibility index (Phi) is 6.79. The summed E-state index contributed by atoms with van der Waals surface area (Å²) in [7, 11) is 3.25. The molecule has 4 rings (SSSR count).